The standard InChI is InChI=1S/C33H49P.C8H10N.C5H12O.Pd/c1-23(2)26-21-30(24(3)4)33(31(22-26)25(5)6)29-19-13-14-20-32(29)34(27-15-9-7-10-16-27)28-17-11-8-12-18-28;9-7-6-8-4-2-1-3-5-8;1-5(2,3)6-4;/h13-14,19-25,27-28H,7-12,15-18H2,1-6H3;1-4H,6-7,9H2;1-4H3;. The van der Waals surface area contributed by atoms with E-state index in [9.17, 15) is 0 Å². The molecule has 0 saturated heterocycles. The van der Waals surface area contributed by atoms with Gasteiger partial charge in [-0.05, 0) is 109 Å². The van der Waals surface area contributed by atoms with Crippen LogP contribution in [0.2, 0.25) is 0 Å². The Kier molecular flexibility index (Phi) is 18.4. The third kappa shape index (κ3) is 13.0. The van der Waals surface area contributed by atoms with E-state index in [2.05, 4.69) is 103 Å². The Morgan fingerprint density at radius 1 is 0.720 bits per heavy atom. The Hall–Kier alpha value is -1.33. The molecule has 0 heterocycles. The molecule has 2 fully saturated rings. The molecule has 0 radical (unpaired) electrons. The summed E-state index contributed by atoms with van der Waals surface area (Å²) in [6.07, 6.45) is 15.6. The van der Waals surface area contributed by atoms with Crippen molar-refractivity contribution in [3.63, 3.8) is 0 Å². The molecule has 0 spiro atoms. The van der Waals surface area contributed by atoms with Gasteiger partial charge in [-0.3, -0.25) is 0 Å². The van der Waals surface area contributed by atoms with Gasteiger partial charge in [0.2, 0.25) is 0 Å². The van der Waals surface area contributed by atoms with Crippen LogP contribution in [0, 0.1) is 0 Å². The van der Waals surface area contributed by atoms with E-state index in [-0.39, 0.29) is 13.5 Å². The van der Waals surface area contributed by atoms with E-state index in [1.165, 1.54) is 79.4 Å². The minimum atomic E-state index is -0.120. The molecule has 5 rings (SSSR count). The SMILES string of the molecule is CC(C)c1cc(C(C)C)c(-c2ccccc2P(C2CCCCC2)C2CCCCC2)c(C(C)C)c1.COC(C)(C)C.NCCc1cccc[c]1[Pd]. The number of hydrogen-bond acceptors (Lipinski definition) is 2. The van der Waals surface area contributed by atoms with Crippen molar-refractivity contribution in [1.82, 2.24) is 0 Å². The molecule has 2 saturated carbocycles. The maximum absolute atomic E-state index is 5.41. The zero-order valence-corrected chi connectivity index (χ0v) is 35.8. The van der Waals surface area contributed by atoms with Gasteiger partial charge in [0, 0.05) is 7.11 Å². The third-order valence-electron chi connectivity index (χ3n) is 10.5. The van der Waals surface area contributed by atoms with Gasteiger partial charge < -0.3 is 4.74 Å². The monoisotopic (exact) mass is 790 g/mol. The van der Waals surface area contributed by atoms with Crippen molar-refractivity contribution in [3.05, 3.63) is 82.9 Å². The second-order valence-electron chi connectivity index (χ2n) is 16.5. The fourth-order valence-electron chi connectivity index (χ4n) is 7.42. The predicted molar refractivity (Wildman–Crippen MR) is 220 cm³/mol. The van der Waals surface area contributed by atoms with Crippen LogP contribution in [-0.2, 0) is 30.4 Å². The zero-order valence-electron chi connectivity index (χ0n) is 33.4. The third-order valence-corrected chi connectivity index (χ3v) is 14.8. The van der Waals surface area contributed by atoms with E-state index in [0.29, 0.717) is 24.3 Å². The number of benzene rings is 3. The predicted octanol–water partition coefficient (Wildman–Crippen LogP) is 12.3. The summed E-state index contributed by atoms with van der Waals surface area (Å²) in [4.78, 5) is 0. The van der Waals surface area contributed by atoms with Crippen molar-refractivity contribution >= 4 is 17.3 Å². The normalized spacial score (nSPS) is 16.0. The molecule has 3 aromatic carbocycles. The molecule has 0 unspecified atom stereocenters. The van der Waals surface area contributed by atoms with Crippen molar-refractivity contribution in [2.24, 2.45) is 5.73 Å². The van der Waals surface area contributed by atoms with Crippen LogP contribution < -0.4 is 15.1 Å². The van der Waals surface area contributed by atoms with Crippen LogP contribution >= 0.6 is 7.92 Å². The van der Waals surface area contributed by atoms with Gasteiger partial charge in [-0.15, -0.1) is 0 Å². The molecule has 0 bridgehead atoms. The molecule has 2 N–H and O–H groups in total. The summed E-state index contributed by atoms with van der Waals surface area (Å²) in [5.74, 6) is 1.64. The Morgan fingerprint density at radius 2 is 1.18 bits per heavy atom. The molecular formula is C46H71NOPPd. The second kappa shape index (κ2) is 21.4. The topological polar surface area (TPSA) is 35.2 Å². The summed E-state index contributed by atoms with van der Waals surface area (Å²) >= 11 is 3.18. The van der Waals surface area contributed by atoms with Crippen LogP contribution in [0.1, 0.15) is 167 Å². The first kappa shape index (κ1) is 43.1. The summed E-state index contributed by atoms with van der Waals surface area (Å²) in [6, 6.07) is 23.0. The van der Waals surface area contributed by atoms with Crippen molar-refractivity contribution in [2.45, 2.75) is 168 Å². The number of hydrogen-bond donors (Lipinski definition) is 1. The second-order valence-corrected chi connectivity index (χ2v) is 20.1. The van der Waals surface area contributed by atoms with Gasteiger partial charge in [0.05, 0.1) is 5.60 Å². The van der Waals surface area contributed by atoms with Crippen LogP contribution in [0.3, 0.4) is 0 Å². The number of ether oxygens (including phenoxy) is 1. The Labute approximate surface area is 320 Å². The summed E-state index contributed by atoms with van der Waals surface area (Å²) in [5.41, 5.74) is 16.5. The van der Waals surface area contributed by atoms with Gasteiger partial charge in [0.15, 0.2) is 0 Å². The molecular weight excluding hydrogens is 720 g/mol. The van der Waals surface area contributed by atoms with Crippen LogP contribution in [0.25, 0.3) is 11.1 Å². The molecule has 0 amide bonds. The van der Waals surface area contributed by atoms with Crippen LogP contribution in [0.4, 0.5) is 0 Å². The molecule has 0 atom stereocenters. The van der Waals surface area contributed by atoms with Crippen LogP contribution in [0.15, 0.2) is 60.7 Å². The molecule has 3 aromatic rings. The van der Waals surface area contributed by atoms with Gasteiger partial charge in [-0.2, -0.15) is 0 Å². The summed E-state index contributed by atoms with van der Waals surface area (Å²) in [6.45, 7) is 21.1. The minimum absolute atomic E-state index is 0.0417. The first-order valence-corrected chi connectivity index (χ1v) is 22.1. The van der Waals surface area contributed by atoms with E-state index in [0.717, 1.165) is 17.7 Å². The van der Waals surface area contributed by atoms with Gasteiger partial charge in [0.1, 0.15) is 0 Å². The molecule has 2 nitrogen and oxygen atoms in total. The van der Waals surface area contributed by atoms with Crippen molar-refractivity contribution in [1.29, 1.82) is 0 Å². The van der Waals surface area contributed by atoms with Gasteiger partial charge in [-0.25, -0.2) is 0 Å². The van der Waals surface area contributed by atoms with E-state index in [1.807, 2.05) is 39.0 Å². The quantitative estimate of drug-likeness (QED) is 0.173. The van der Waals surface area contributed by atoms with E-state index < -0.39 is 0 Å². The molecule has 281 valence electrons. The molecule has 50 heavy (non-hydrogen) atoms. The van der Waals surface area contributed by atoms with Gasteiger partial charge in [0.25, 0.3) is 0 Å². The number of rotatable bonds is 9. The molecule has 4 heteroatoms. The van der Waals surface area contributed by atoms with Gasteiger partial charge in [-0.1, -0.05) is 124 Å². The summed E-state index contributed by atoms with van der Waals surface area (Å²) in [7, 11) is 1.59. The Morgan fingerprint density at radius 3 is 1.60 bits per heavy atom. The molecule has 0 aromatic heterocycles. The Balaban J connectivity index is 0.000000348. The average molecular weight is 791 g/mol. The van der Waals surface area contributed by atoms with E-state index >= 15 is 0 Å². The average Bonchev–Trinajstić information content (AvgIpc) is 3.10. The molecule has 2 aliphatic rings. The number of methoxy groups -OCH3 is 1. The van der Waals surface area contributed by atoms with E-state index in [4.69, 9.17) is 10.5 Å². The number of nitrogens with two attached hydrogens (primary N) is 1. The fraction of sp³-hybridized carbons (Fsp3) is 0.609. The van der Waals surface area contributed by atoms with Crippen LogP contribution in [0.5, 0.6) is 0 Å². The van der Waals surface area contributed by atoms with Crippen molar-refractivity contribution in [3.8, 4) is 11.1 Å². The van der Waals surface area contributed by atoms with Crippen LogP contribution in [-0.4, -0.2) is 30.6 Å². The van der Waals surface area contributed by atoms with Gasteiger partial charge >= 0.3 is 71.8 Å². The maximum atomic E-state index is 5.41. The van der Waals surface area contributed by atoms with Crippen molar-refractivity contribution < 1.29 is 23.9 Å². The van der Waals surface area contributed by atoms with E-state index in [1.54, 1.807) is 34.7 Å². The van der Waals surface area contributed by atoms with Crippen molar-refractivity contribution in [2.75, 3.05) is 13.7 Å². The summed E-state index contributed by atoms with van der Waals surface area (Å²) < 4.78 is 6.13. The molecule has 2 aliphatic carbocycles. The summed E-state index contributed by atoms with van der Waals surface area (Å²) in [5, 5.41) is 1.75. The first-order valence-electron chi connectivity index (χ1n) is 19.8. The Bertz CT molecular complexity index is 1360. The molecule has 0 aliphatic heterocycles. The fourth-order valence-corrected chi connectivity index (χ4v) is 11.8. The first-order chi connectivity index (χ1) is 23.8. The zero-order chi connectivity index (χ0) is 36.8.